The summed E-state index contributed by atoms with van der Waals surface area (Å²) in [5.74, 6) is -0.0286. The molecular formula is C13H17BrN2O. The molecule has 0 fully saturated rings. The van der Waals surface area contributed by atoms with Crippen molar-refractivity contribution >= 4 is 27.5 Å². The highest BCUT2D eigenvalue weighted by molar-refractivity contribution is 9.10. The van der Waals surface area contributed by atoms with Crippen LogP contribution in [0.2, 0.25) is 0 Å². The van der Waals surface area contributed by atoms with E-state index in [9.17, 15) is 4.79 Å². The van der Waals surface area contributed by atoms with E-state index >= 15 is 0 Å². The molecule has 0 unspecified atom stereocenters. The highest BCUT2D eigenvalue weighted by Crippen LogP contribution is 2.21. The number of benzene rings is 1. The molecule has 0 spiro atoms. The minimum absolute atomic E-state index is 0.0286. The summed E-state index contributed by atoms with van der Waals surface area (Å²) in [6, 6.07) is 5.37. The second-order valence-corrected chi connectivity index (χ2v) is 4.93. The quantitative estimate of drug-likeness (QED) is 0.686. The monoisotopic (exact) mass is 296 g/mol. The van der Waals surface area contributed by atoms with E-state index in [0.717, 1.165) is 4.47 Å². The highest BCUT2D eigenvalue weighted by Gasteiger charge is 2.17. The first kappa shape index (κ1) is 13.8. The van der Waals surface area contributed by atoms with Crippen LogP contribution >= 0.6 is 15.9 Å². The molecule has 0 saturated heterocycles. The molecule has 0 aliphatic heterocycles. The zero-order valence-corrected chi connectivity index (χ0v) is 11.7. The molecule has 17 heavy (non-hydrogen) atoms. The Kier molecular flexibility index (Phi) is 4.75. The van der Waals surface area contributed by atoms with Crippen molar-refractivity contribution in [2.75, 3.05) is 12.3 Å². The third kappa shape index (κ3) is 3.33. The first-order valence-corrected chi connectivity index (χ1v) is 6.23. The lowest BCUT2D eigenvalue weighted by Gasteiger charge is -2.25. The van der Waals surface area contributed by atoms with Crippen LogP contribution in [0.25, 0.3) is 0 Å². The number of nitrogen functional groups attached to an aromatic ring is 1. The molecule has 4 heteroatoms. The van der Waals surface area contributed by atoms with E-state index in [1.54, 1.807) is 29.2 Å². The molecule has 0 atom stereocenters. The van der Waals surface area contributed by atoms with Gasteiger partial charge in [0.05, 0.1) is 0 Å². The van der Waals surface area contributed by atoms with Crippen molar-refractivity contribution in [2.45, 2.75) is 19.9 Å². The molecule has 0 aliphatic carbocycles. The molecule has 1 rings (SSSR count). The minimum Gasteiger partial charge on any atom is -0.398 e. The van der Waals surface area contributed by atoms with Gasteiger partial charge in [-0.1, -0.05) is 6.08 Å². The molecule has 1 aromatic carbocycles. The molecule has 1 amide bonds. The van der Waals surface area contributed by atoms with Gasteiger partial charge in [0, 0.05) is 28.3 Å². The molecular weight excluding hydrogens is 280 g/mol. The summed E-state index contributed by atoms with van der Waals surface area (Å²) in [4.78, 5) is 14.0. The van der Waals surface area contributed by atoms with Gasteiger partial charge in [0.25, 0.3) is 5.91 Å². The van der Waals surface area contributed by atoms with Gasteiger partial charge >= 0.3 is 0 Å². The molecule has 0 heterocycles. The summed E-state index contributed by atoms with van der Waals surface area (Å²) < 4.78 is 0.800. The van der Waals surface area contributed by atoms with E-state index in [2.05, 4.69) is 22.5 Å². The van der Waals surface area contributed by atoms with Crippen LogP contribution < -0.4 is 5.73 Å². The second-order valence-electron chi connectivity index (χ2n) is 4.08. The maximum Gasteiger partial charge on any atom is 0.254 e. The molecule has 1 aromatic rings. The van der Waals surface area contributed by atoms with Crippen molar-refractivity contribution in [3.8, 4) is 0 Å². The van der Waals surface area contributed by atoms with E-state index in [1.165, 1.54) is 0 Å². The lowest BCUT2D eigenvalue weighted by atomic mass is 10.1. The number of amides is 1. The van der Waals surface area contributed by atoms with Gasteiger partial charge in [-0.3, -0.25) is 4.79 Å². The Morgan fingerprint density at radius 3 is 2.71 bits per heavy atom. The first-order valence-electron chi connectivity index (χ1n) is 5.44. The lowest BCUT2D eigenvalue weighted by Crippen LogP contribution is -2.37. The second kappa shape index (κ2) is 5.87. The fourth-order valence-corrected chi connectivity index (χ4v) is 1.76. The maximum absolute atomic E-state index is 12.2. The molecule has 0 aliphatic rings. The van der Waals surface area contributed by atoms with Gasteiger partial charge in [-0.2, -0.15) is 0 Å². The van der Waals surface area contributed by atoms with Crippen molar-refractivity contribution in [1.29, 1.82) is 0 Å². The summed E-state index contributed by atoms with van der Waals surface area (Å²) in [7, 11) is 0. The predicted octanol–water partition coefficient (Wildman–Crippen LogP) is 3.07. The van der Waals surface area contributed by atoms with Gasteiger partial charge in [0.2, 0.25) is 0 Å². The molecule has 3 nitrogen and oxygen atoms in total. The zero-order valence-electron chi connectivity index (χ0n) is 10.1. The molecule has 0 radical (unpaired) electrons. The molecule has 2 N–H and O–H groups in total. The van der Waals surface area contributed by atoms with Crippen LogP contribution in [-0.4, -0.2) is 23.4 Å². The first-order chi connectivity index (χ1) is 7.97. The summed E-state index contributed by atoms with van der Waals surface area (Å²) >= 11 is 3.31. The Balaban J connectivity index is 3.00. The van der Waals surface area contributed by atoms with Crippen molar-refractivity contribution in [2.24, 2.45) is 0 Å². The van der Waals surface area contributed by atoms with Crippen LogP contribution in [0.1, 0.15) is 24.2 Å². The predicted molar refractivity (Wildman–Crippen MR) is 74.9 cm³/mol. The number of carbonyl (C=O) groups is 1. The minimum atomic E-state index is -0.0286. The van der Waals surface area contributed by atoms with E-state index in [0.29, 0.717) is 17.8 Å². The fraction of sp³-hybridized carbons (Fsp3) is 0.308. The third-order valence-electron chi connectivity index (χ3n) is 2.45. The number of anilines is 1. The van der Waals surface area contributed by atoms with Gasteiger partial charge in [0.15, 0.2) is 0 Å². The fourth-order valence-electron chi connectivity index (χ4n) is 1.51. The summed E-state index contributed by atoms with van der Waals surface area (Å²) in [5.41, 5.74) is 6.94. The number of nitrogens with two attached hydrogens (primary N) is 1. The standard InChI is InChI=1S/C13H17BrN2O/c1-4-7-16(9(2)3)13(17)10-5-6-11(14)12(15)8-10/h4-6,8-9H,1,7,15H2,2-3H3. The SMILES string of the molecule is C=CCN(C(=O)c1ccc(Br)c(N)c1)C(C)C. The van der Waals surface area contributed by atoms with Gasteiger partial charge < -0.3 is 10.6 Å². The Hall–Kier alpha value is -1.29. The average molecular weight is 297 g/mol. The summed E-state index contributed by atoms with van der Waals surface area (Å²) in [5, 5.41) is 0. The topological polar surface area (TPSA) is 46.3 Å². The maximum atomic E-state index is 12.2. The van der Waals surface area contributed by atoms with Crippen molar-refractivity contribution in [3.05, 3.63) is 40.9 Å². The van der Waals surface area contributed by atoms with Crippen LogP contribution in [0, 0.1) is 0 Å². The molecule has 0 bridgehead atoms. The van der Waals surface area contributed by atoms with Gasteiger partial charge in [0.1, 0.15) is 0 Å². The summed E-state index contributed by atoms with van der Waals surface area (Å²) in [6.45, 7) is 8.15. The number of hydrogen-bond acceptors (Lipinski definition) is 2. The van der Waals surface area contributed by atoms with Crippen molar-refractivity contribution in [1.82, 2.24) is 4.90 Å². The Morgan fingerprint density at radius 1 is 1.59 bits per heavy atom. The van der Waals surface area contributed by atoms with E-state index in [-0.39, 0.29) is 11.9 Å². The Bertz CT molecular complexity index is 429. The number of halogens is 1. The van der Waals surface area contributed by atoms with Crippen molar-refractivity contribution in [3.63, 3.8) is 0 Å². The highest BCUT2D eigenvalue weighted by atomic mass is 79.9. The number of carbonyl (C=O) groups excluding carboxylic acids is 1. The Labute approximate surface area is 110 Å². The molecule has 0 saturated carbocycles. The van der Waals surface area contributed by atoms with Gasteiger partial charge in [-0.25, -0.2) is 0 Å². The average Bonchev–Trinajstić information content (AvgIpc) is 2.28. The third-order valence-corrected chi connectivity index (χ3v) is 3.18. The smallest absolute Gasteiger partial charge is 0.254 e. The number of rotatable bonds is 4. The number of hydrogen-bond donors (Lipinski definition) is 1. The van der Waals surface area contributed by atoms with E-state index < -0.39 is 0 Å². The molecule has 92 valence electrons. The van der Waals surface area contributed by atoms with E-state index in [4.69, 9.17) is 5.73 Å². The van der Waals surface area contributed by atoms with E-state index in [1.807, 2.05) is 13.8 Å². The summed E-state index contributed by atoms with van der Waals surface area (Å²) in [6.07, 6.45) is 1.72. The zero-order chi connectivity index (χ0) is 13.0. The lowest BCUT2D eigenvalue weighted by molar-refractivity contribution is 0.0729. The van der Waals surface area contributed by atoms with Crippen LogP contribution in [0.3, 0.4) is 0 Å². The van der Waals surface area contributed by atoms with Crippen LogP contribution in [0.5, 0.6) is 0 Å². The van der Waals surface area contributed by atoms with Crippen LogP contribution in [-0.2, 0) is 0 Å². The number of nitrogens with zero attached hydrogens (tertiary/aromatic N) is 1. The van der Waals surface area contributed by atoms with Gasteiger partial charge in [-0.05, 0) is 48.0 Å². The largest absolute Gasteiger partial charge is 0.398 e. The normalized spacial score (nSPS) is 10.4. The van der Waals surface area contributed by atoms with Crippen LogP contribution in [0.4, 0.5) is 5.69 Å². The van der Waals surface area contributed by atoms with Crippen molar-refractivity contribution < 1.29 is 4.79 Å². The Morgan fingerprint density at radius 2 is 2.24 bits per heavy atom. The van der Waals surface area contributed by atoms with Crippen LogP contribution in [0.15, 0.2) is 35.3 Å². The molecule has 0 aromatic heterocycles. The van der Waals surface area contributed by atoms with Gasteiger partial charge in [-0.15, -0.1) is 6.58 Å².